The first-order chi connectivity index (χ1) is 13.5. The Balaban J connectivity index is 1.91. The average Bonchev–Trinajstić information content (AvgIpc) is 3.07. The predicted molar refractivity (Wildman–Crippen MR) is 107 cm³/mol. The summed E-state index contributed by atoms with van der Waals surface area (Å²) in [6.45, 7) is 1.33. The van der Waals surface area contributed by atoms with Gasteiger partial charge in [-0.1, -0.05) is 0 Å². The van der Waals surface area contributed by atoms with Crippen LogP contribution in [0.5, 0.6) is 17.2 Å². The molecule has 0 unspecified atom stereocenters. The van der Waals surface area contributed by atoms with Crippen LogP contribution in [-0.2, 0) is 4.79 Å². The predicted octanol–water partition coefficient (Wildman–Crippen LogP) is 3.43. The lowest BCUT2D eigenvalue weighted by atomic mass is 10.2. The fraction of sp³-hybridized carbons (Fsp3) is 0.158. The van der Waals surface area contributed by atoms with Crippen molar-refractivity contribution in [2.24, 2.45) is 5.10 Å². The molecule has 9 heteroatoms. The van der Waals surface area contributed by atoms with Crippen LogP contribution in [0.4, 0.5) is 0 Å². The molecule has 144 valence electrons. The number of H-pyrrole nitrogens is 1. The second-order valence-electron chi connectivity index (χ2n) is 5.64. The molecule has 0 aliphatic rings. The highest BCUT2D eigenvalue weighted by Crippen LogP contribution is 2.28. The number of benzene rings is 2. The second-order valence-corrected chi connectivity index (χ2v) is 6.03. The van der Waals surface area contributed by atoms with Crippen molar-refractivity contribution in [2.75, 3.05) is 14.2 Å². The van der Waals surface area contributed by atoms with Gasteiger partial charge < -0.3 is 14.2 Å². The Hall–Kier alpha value is -3.46. The SMILES string of the molecule is COc1ccc(-c2n[nH]c(=S)n2N=Cc2ccc(OC(C)=O)c(OC)c2)cc1. The lowest BCUT2D eigenvalue weighted by Gasteiger charge is -2.08. The van der Waals surface area contributed by atoms with Crippen LogP contribution in [-0.4, -0.2) is 41.3 Å². The number of hydrogen-bond donors (Lipinski definition) is 1. The van der Waals surface area contributed by atoms with Gasteiger partial charge in [0.05, 0.1) is 20.4 Å². The molecule has 0 fully saturated rings. The number of rotatable bonds is 6. The maximum absolute atomic E-state index is 11.2. The standard InChI is InChI=1S/C19H18N4O4S/c1-12(24)27-16-9-4-13(10-17(16)26-3)11-20-23-18(21-22-19(23)28)14-5-7-15(25-2)8-6-14/h4-11H,1-3H3,(H,22,28). The van der Waals surface area contributed by atoms with Crippen molar-refractivity contribution in [3.05, 3.63) is 52.8 Å². The molecular formula is C19H18N4O4S. The Labute approximate surface area is 166 Å². The number of ether oxygens (including phenoxy) is 3. The van der Waals surface area contributed by atoms with E-state index in [-0.39, 0.29) is 0 Å². The van der Waals surface area contributed by atoms with Gasteiger partial charge in [0, 0.05) is 12.5 Å². The molecule has 0 amide bonds. The summed E-state index contributed by atoms with van der Waals surface area (Å²) in [6, 6.07) is 12.5. The molecule has 0 aliphatic carbocycles. The highest BCUT2D eigenvalue weighted by Gasteiger charge is 2.10. The third kappa shape index (κ3) is 4.26. The molecule has 0 radical (unpaired) electrons. The van der Waals surface area contributed by atoms with E-state index in [0.717, 1.165) is 16.9 Å². The maximum Gasteiger partial charge on any atom is 0.308 e. The molecule has 0 aliphatic heterocycles. The van der Waals surface area contributed by atoms with Gasteiger partial charge in [-0.2, -0.15) is 14.9 Å². The molecule has 3 rings (SSSR count). The van der Waals surface area contributed by atoms with Crippen LogP contribution >= 0.6 is 12.2 Å². The topological polar surface area (TPSA) is 90.7 Å². The van der Waals surface area contributed by atoms with Crippen LogP contribution in [0, 0.1) is 4.77 Å². The van der Waals surface area contributed by atoms with E-state index in [1.807, 2.05) is 24.3 Å². The first-order valence-corrected chi connectivity index (χ1v) is 8.65. The summed E-state index contributed by atoms with van der Waals surface area (Å²) < 4.78 is 17.4. The van der Waals surface area contributed by atoms with Gasteiger partial charge in [0.2, 0.25) is 4.77 Å². The van der Waals surface area contributed by atoms with E-state index in [9.17, 15) is 4.79 Å². The summed E-state index contributed by atoms with van der Waals surface area (Å²) in [7, 11) is 3.10. The molecule has 1 N–H and O–H groups in total. The third-order valence-corrected chi connectivity index (χ3v) is 4.03. The number of hydrogen-bond acceptors (Lipinski definition) is 7. The highest BCUT2D eigenvalue weighted by molar-refractivity contribution is 7.71. The van der Waals surface area contributed by atoms with Gasteiger partial charge >= 0.3 is 5.97 Å². The average molecular weight is 398 g/mol. The monoisotopic (exact) mass is 398 g/mol. The van der Waals surface area contributed by atoms with Crippen molar-refractivity contribution in [2.45, 2.75) is 6.92 Å². The maximum atomic E-state index is 11.2. The zero-order chi connectivity index (χ0) is 20.1. The number of nitrogens with zero attached hydrogens (tertiary/aromatic N) is 3. The van der Waals surface area contributed by atoms with Crippen molar-refractivity contribution in [1.29, 1.82) is 0 Å². The summed E-state index contributed by atoms with van der Waals surface area (Å²) in [6.07, 6.45) is 1.61. The molecular weight excluding hydrogens is 380 g/mol. The Morgan fingerprint density at radius 3 is 2.54 bits per heavy atom. The fourth-order valence-electron chi connectivity index (χ4n) is 2.45. The lowest BCUT2D eigenvalue weighted by Crippen LogP contribution is -2.03. The van der Waals surface area contributed by atoms with Crippen LogP contribution in [0.3, 0.4) is 0 Å². The summed E-state index contributed by atoms with van der Waals surface area (Å²) in [5, 5.41) is 11.4. The van der Waals surface area contributed by atoms with Crippen LogP contribution in [0.2, 0.25) is 0 Å². The fourth-order valence-corrected chi connectivity index (χ4v) is 2.63. The number of carbonyl (C=O) groups is 1. The summed E-state index contributed by atoms with van der Waals surface area (Å²) in [4.78, 5) is 11.2. The van der Waals surface area contributed by atoms with Gasteiger partial charge in [0.25, 0.3) is 0 Å². The van der Waals surface area contributed by atoms with E-state index in [2.05, 4.69) is 15.3 Å². The molecule has 0 spiro atoms. The van der Waals surface area contributed by atoms with Gasteiger partial charge in [-0.15, -0.1) is 0 Å². The lowest BCUT2D eigenvalue weighted by molar-refractivity contribution is -0.132. The van der Waals surface area contributed by atoms with Crippen molar-refractivity contribution < 1.29 is 19.0 Å². The van der Waals surface area contributed by atoms with Gasteiger partial charge in [-0.05, 0) is 60.2 Å². The molecule has 8 nitrogen and oxygen atoms in total. The molecule has 0 saturated heterocycles. The Kier molecular flexibility index (Phi) is 5.85. The van der Waals surface area contributed by atoms with E-state index in [1.54, 1.807) is 31.5 Å². The van der Waals surface area contributed by atoms with Gasteiger partial charge in [0.15, 0.2) is 17.3 Å². The molecule has 0 atom stereocenters. The highest BCUT2D eigenvalue weighted by atomic mass is 32.1. The van der Waals surface area contributed by atoms with Crippen LogP contribution in [0.25, 0.3) is 11.4 Å². The zero-order valence-electron chi connectivity index (χ0n) is 15.5. The molecule has 28 heavy (non-hydrogen) atoms. The van der Waals surface area contributed by atoms with Crippen LogP contribution in [0.15, 0.2) is 47.6 Å². The Morgan fingerprint density at radius 1 is 1.14 bits per heavy atom. The van der Waals surface area contributed by atoms with Gasteiger partial charge in [0.1, 0.15) is 5.75 Å². The Bertz CT molecular complexity index is 1070. The number of carbonyl (C=O) groups excluding carboxylic acids is 1. The number of methoxy groups -OCH3 is 2. The van der Waals surface area contributed by atoms with E-state index >= 15 is 0 Å². The summed E-state index contributed by atoms with van der Waals surface area (Å²) >= 11 is 5.28. The number of esters is 1. The zero-order valence-corrected chi connectivity index (χ0v) is 16.3. The van der Waals surface area contributed by atoms with E-state index < -0.39 is 5.97 Å². The molecule has 0 saturated carbocycles. The number of nitrogens with one attached hydrogen (secondary N) is 1. The molecule has 0 bridgehead atoms. The minimum absolute atomic E-state index is 0.339. The minimum Gasteiger partial charge on any atom is -0.497 e. The first kappa shape index (κ1) is 19.3. The molecule has 1 heterocycles. The number of aromatic nitrogens is 3. The van der Waals surface area contributed by atoms with Crippen molar-refractivity contribution in [1.82, 2.24) is 14.9 Å². The Morgan fingerprint density at radius 2 is 1.89 bits per heavy atom. The van der Waals surface area contributed by atoms with E-state index in [1.165, 1.54) is 18.7 Å². The number of aromatic amines is 1. The van der Waals surface area contributed by atoms with Crippen LogP contribution < -0.4 is 14.2 Å². The normalized spacial score (nSPS) is 10.8. The quantitative estimate of drug-likeness (QED) is 0.296. The summed E-state index contributed by atoms with van der Waals surface area (Å²) in [5.41, 5.74) is 1.56. The molecule has 1 aromatic heterocycles. The van der Waals surface area contributed by atoms with Crippen LogP contribution in [0.1, 0.15) is 12.5 Å². The van der Waals surface area contributed by atoms with Crippen molar-refractivity contribution >= 4 is 24.4 Å². The largest absolute Gasteiger partial charge is 0.497 e. The van der Waals surface area contributed by atoms with Gasteiger partial charge in [-0.3, -0.25) is 4.79 Å². The summed E-state index contributed by atoms with van der Waals surface area (Å²) in [5.74, 6) is 1.64. The minimum atomic E-state index is -0.423. The van der Waals surface area contributed by atoms with Crippen molar-refractivity contribution in [3.63, 3.8) is 0 Å². The van der Waals surface area contributed by atoms with E-state index in [0.29, 0.717) is 22.1 Å². The van der Waals surface area contributed by atoms with E-state index in [4.69, 9.17) is 26.4 Å². The first-order valence-electron chi connectivity index (χ1n) is 8.24. The van der Waals surface area contributed by atoms with Gasteiger partial charge in [-0.25, -0.2) is 5.10 Å². The third-order valence-electron chi connectivity index (χ3n) is 3.76. The molecule has 2 aromatic carbocycles. The smallest absolute Gasteiger partial charge is 0.308 e. The molecule has 3 aromatic rings. The van der Waals surface area contributed by atoms with Crippen molar-refractivity contribution in [3.8, 4) is 28.6 Å². The second kappa shape index (κ2) is 8.49.